The van der Waals surface area contributed by atoms with E-state index >= 15 is 0 Å². The number of nitrogens with zero attached hydrogens (tertiary/aromatic N) is 1. The van der Waals surface area contributed by atoms with Crippen molar-refractivity contribution in [2.75, 3.05) is 0 Å². The molecule has 68 valence electrons. The summed E-state index contributed by atoms with van der Waals surface area (Å²) in [5, 5.41) is 10.2. The average Bonchev–Trinajstić information content (AvgIpc) is 2.03. The summed E-state index contributed by atoms with van der Waals surface area (Å²) in [5.41, 5.74) is -0.0794. The van der Waals surface area contributed by atoms with Gasteiger partial charge < -0.3 is 0 Å². The van der Waals surface area contributed by atoms with Crippen LogP contribution in [-0.2, 0) is 0 Å². The van der Waals surface area contributed by atoms with Crippen molar-refractivity contribution in [3.05, 3.63) is 46.0 Å². The Labute approximate surface area is 72.5 Å². The summed E-state index contributed by atoms with van der Waals surface area (Å²) in [5.74, 6) is 0. The van der Waals surface area contributed by atoms with Crippen LogP contribution in [0, 0.1) is 10.1 Å². The summed E-state index contributed by atoms with van der Waals surface area (Å²) in [7, 11) is 0. The van der Waals surface area contributed by atoms with Crippen LogP contribution < -0.4 is 0 Å². The van der Waals surface area contributed by atoms with Crippen LogP contribution in [0.1, 0.15) is 5.56 Å². The first-order valence-electron chi connectivity index (χ1n) is 3.37. The summed E-state index contributed by atoms with van der Waals surface area (Å²) in [6.07, 6.45) is -1.30. The highest BCUT2D eigenvalue weighted by molar-refractivity contribution is 5.53. The van der Waals surface area contributed by atoms with Gasteiger partial charge in [0, 0.05) is 18.2 Å². The monoisotopic (exact) mass is 185 g/mol. The van der Waals surface area contributed by atoms with Gasteiger partial charge in [0.25, 0.3) is 11.8 Å². The van der Waals surface area contributed by atoms with E-state index in [-0.39, 0.29) is 11.3 Å². The van der Waals surface area contributed by atoms with Gasteiger partial charge in [-0.25, -0.2) is 0 Å². The smallest absolute Gasteiger partial charge is 0.258 e. The van der Waals surface area contributed by atoms with Gasteiger partial charge >= 0.3 is 0 Å². The van der Waals surface area contributed by atoms with Gasteiger partial charge in [-0.2, -0.15) is 8.78 Å². The third-order valence-corrected chi connectivity index (χ3v) is 1.36. The molecular weight excluding hydrogens is 180 g/mol. The van der Waals surface area contributed by atoms with E-state index in [2.05, 4.69) is 0 Å². The molecule has 0 bridgehead atoms. The zero-order valence-electron chi connectivity index (χ0n) is 6.41. The minimum absolute atomic E-state index is 0.120. The number of rotatable bonds is 2. The van der Waals surface area contributed by atoms with E-state index in [1.807, 2.05) is 0 Å². The van der Waals surface area contributed by atoms with Crippen LogP contribution in [0.2, 0.25) is 0 Å². The molecule has 0 atom stereocenters. The molecule has 0 amide bonds. The predicted octanol–water partition coefficient (Wildman–Crippen LogP) is 2.83. The summed E-state index contributed by atoms with van der Waals surface area (Å²) < 4.78 is 23.5. The van der Waals surface area contributed by atoms with Crippen molar-refractivity contribution < 1.29 is 13.7 Å². The summed E-state index contributed by atoms with van der Waals surface area (Å²) >= 11 is 0. The fraction of sp³-hybridized carbons (Fsp3) is 0. The first kappa shape index (κ1) is 9.31. The molecule has 0 aliphatic rings. The van der Waals surface area contributed by atoms with Crippen molar-refractivity contribution in [1.29, 1.82) is 0 Å². The van der Waals surface area contributed by atoms with Crippen LogP contribution in [0.3, 0.4) is 0 Å². The van der Waals surface area contributed by atoms with Gasteiger partial charge in [0.1, 0.15) is 0 Å². The lowest BCUT2D eigenvalue weighted by Crippen LogP contribution is -1.87. The lowest BCUT2D eigenvalue weighted by molar-refractivity contribution is -0.384. The number of halogens is 2. The molecule has 0 N–H and O–H groups in total. The number of hydrogen-bond donors (Lipinski definition) is 0. The highest BCUT2D eigenvalue weighted by Gasteiger charge is 2.04. The molecule has 13 heavy (non-hydrogen) atoms. The van der Waals surface area contributed by atoms with E-state index in [4.69, 9.17) is 0 Å². The fourth-order valence-corrected chi connectivity index (χ4v) is 0.854. The van der Waals surface area contributed by atoms with Crippen molar-refractivity contribution in [3.8, 4) is 0 Å². The SMILES string of the molecule is O=[N+]([O-])c1cccc(C=C(F)F)c1. The molecule has 1 aromatic rings. The van der Waals surface area contributed by atoms with Crippen molar-refractivity contribution in [3.63, 3.8) is 0 Å². The van der Waals surface area contributed by atoms with E-state index in [0.29, 0.717) is 6.08 Å². The van der Waals surface area contributed by atoms with Gasteiger partial charge in [-0.3, -0.25) is 10.1 Å². The van der Waals surface area contributed by atoms with Gasteiger partial charge in [0.05, 0.1) is 4.92 Å². The Bertz CT molecular complexity index is 359. The number of hydrogen-bond acceptors (Lipinski definition) is 2. The molecule has 1 aromatic carbocycles. The molecular formula is C8H5F2NO2. The normalized spacial score (nSPS) is 9.38. The minimum Gasteiger partial charge on any atom is -0.258 e. The van der Waals surface area contributed by atoms with Crippen LogP contribution in [-0.4, -0.2) is 4.92 Å². The summed E-state index contributed by atoms with van der Waals surface area (Å²) in [6.45, 7) is 0. The Kier molecular flexibility index (Phi) is 2.69. The van der Waals surface area contributed by atoms with E-state index in [1.54, 1.807) is 0 Å². The van der Waals surface area contributed by atoms with E-state index in [0.717, 1.165) is 6.07 Å². The van der Waals surface area contributed by atoms with Crippen LogP contribution >= 0.6 is 0 Å². The molecule has 0 heterocycles. The van der Waals surface area contributed by atoms with Gasteiger partial charge in [-0.05, 0) is 5.56 Å². The topological polar surface area (TPSA) is 43.1 Å². The van der Waals surface area contributed by atoms with Crippen molar-refractivity contribution >= 4 is 11.8 Å². The average molecular weight is 185 g/mol. The molecule has 1 rings (SSSR count). The van der Waals surface area contributed by atoms with Gasteiger partial charge in [0.15, 0.2) is 0 Å². The standard InChI is InChI=1S/C8H5F2NO2/c9-8(10)5-6-2-1-3-7(4-6)11(12)13/h1-5H. The van der Waals surface area contributed by atoms with Crippen LogP contribution in [0.15, 0.2) is 30.3 Å². The van der Waals surface area contributed by atoms with Crippen LogP contribution in [0.4, 0.5) is 14.5 Å². The number of nitro groups is 1. The van der Waals surface area contributed by atoms with Gasteiger partial charge in [-0.15, -0.1) is 0 Å². The second kappa shape index (κ2) is 3.75. The van der Waals surface area contributed by atoms with Gasteiger partial charge in [0.2, 0.25) is 0 Å². The maximum absolute atomic E-state index is 11.7. The Morgan fingerprint density at radius 1 is 1.46 bits per heavy atom. The Morgan fingerprint density at radius 2 is 2.15 bits per heavy atom. The van der Waals surface area contributed by atoms with Crippen molar-refractivity contribution in [2.24, 2.45) is 0 Å². The molecule has 0 aliphatic heterocycles. The lowest BCUT2D eigenvalue weighted by Gasteiger charge is -1.92. The molecule has 3 nitrogen and oxygen atoms in total. The molecule has 0 aliphatic carbocycles. The van der Waals surface area contributed by atoms with E-state index < -0.39 is 11.0 Å². The second-order valence-corrected chi connectivity index (χ2v) is 2.29. The quantitative estimate of drug-likeness (QED) is 0.525. The number of nitro benzene ring substituents is 1. The Balaban J connectivity index is 3.06. The largest absolute Gasteiger partial charge is 0.270 e. The molecule has 0 spiro atoms. The zero-order chi connectivity index (χ0) is 9.84. The first-order valence-corrected chi connectivity index (χ1v) is 3.37. The molecule has 0 saturated heterocycles. The Morgan fingerprint density at radius 3 is 2.69 bits per heavy atom. The summed E-state index contributed by atoms with van der Waals surface area (Å²) in [6, 6.07) is 5.05. The lowest BCUT2D eigenvalue weighted by atomic mass is 10.2. The first-order chi connectivity index (χ1) is 6.09. The third-order valence-electron chi connectivity index (χ3n) is 1.36. The molecule has 0 aromatic heterocycles. The number of non-ortho nitro benzene ring substituents is 1. The van der Waals surface area contributed by atoms with Crippen molar-refractivity contribution in [1.82, 2.24) is 0 Å². The molecule has 0 unspecified atom stereocenters. The highest BCUT2D eigenvalue weighted by atomic mass is 19.3. The van der Waals surface area contributed by atoms with E-state index in [9.17, 15) is 18.9 Å². The third kappa shape index (κ3) is 2.62. The van der Waals surface area contributed by atoms with E-state index in [1.165, 1.54) is 18.2 Å². The minimum atomic E-state index is -1.87. The van der Waals surface area contributed by atoms with Gasteiger partial charge in [-0.1, -0.05) is 12.1 Å². The zero-order valence-corrected chi connectivity index (χ0v) is 6.41. The molecule has 0 saturated carbocycles. The molecule has 0 fully saturated rings. The fourth-order valence-electron chi connectivity index (χ4n) is 0.854. The predicted molar refractivity (Wildman–Crippen MR) is 43.3 cm³/mol. The maximum atomic E-state index is 11.7. The maximum Gasteiger partial charge on any atom is 0.270 e. The van der Waals surface area contributed by atoms with Crippen molar-refractivity contribution in [2.45, 2.75) is 0 Å². The Hall–Kier alpha value is -1.78. The van der Waals surface area contributed by atoms with Crippen LogP contribution in [0.25, 0.3) is 6.08 Å². The second-order valence-electron chi connectivity index (χ2n) is 2.29. The molecule has 0 radical (unpaired) electrons. The highest BCUT2D eigenvalue weighted by Crippen LogP contribution is 2.16. The number of benzene rings is 1. The summed E-state index contributed by atoms with van der Waals surface area (Å²) in [4.78, 5) is 9.60. The van der Waals surface area contributed by atoms with Crippen LogP contribution in [0.5, 0.6) is 0 Å². The molecule has 5 heteroatoms.